The number of hydrogen-bond acceptors (Lipinski definition) is 5. The molecule has 0 saturated heterocycles. The molecule has 0 aliphatic rings. The van der Waals surface area contributed by atoms with Crippen LogP contribution in [0.1, 0.15) is 0 Å². The molecule has 10 heteroatoms. The Hall–Kier alpha value is -3.17. The number of nitrogens with zero attached hydrogens (tertiary/aromatic N) is 3. The van der Waals surface area contributed by atoms with E-state index in [0.717, 1.165) is 0 Å². The van der Waals surface area contributed by atoms with Gasteiger partial charge in [0.15, 0.2) is 5.82 Å². The third-order valence-electron chi connectivity index (χ3n) is 2.99. The molecule has 22 heavy (non-hydrogen) atoms. The van der Waals surface area contributed by atoms with Crippen LogP contribution in [0.25, 0.3) is 16.7 Å². The predicted octanol–water partition coefficient (Wildman–Crippen LogP) is 0.389. The molecule has 9 nitrogen and oxygen atoms in total. The zero-order valence-corrected chi connectivity index (χ0v) is 11.1. The van der Waals surface area contributed by atoms with Gasteiger partial charge in [0, 0.05) is 19.2 Å². The third-order valence-corrected chi connectivity index (χ3v) is 2.99. The summed E-state index contributed by atoms with van der Waals surface area (Å²) in [5.74, 6) is -0.195. The number of carboxylic acid groups (broad SMARTS) is 1. The number of anilines is 1. The van der Waals surface area contributed by atoms with Crippen LogP contribution in [-0.4, -0.2) is 43.9 Å². The molecule has 3 rings (SSSR count). The summed E-state index contributed by atoms with van der Waals surface area (Å²) >= 11 is 0. The molecule has 0 aliphatic heterocycles. The third kappa shape index (κ3) is 2.41. The maximum absolute atomic E-state index is 13.4. The molecule has 0 aliphatic carbocycles. The molecule has 0 radical (unpaired) electrons. The SMILES string of the molecule is O=C(O)NCCNc1nc2ccc(F)cc2n2c(=O)[nH]nc12. The molecule has 0 fully saturated rings. The summed E-state index contributed by atoms with van der Waals surface area (Å²) in [6, 6.07) is 3.88. The second kappa shape index (κ2) is 5.31. The fourth-order valence-electron chi connectivity index (χ4n) is 2.09. The summed E-state index contributed by atoms with van der Waals surface area (Å²) < 4.78 is 14.6. The molecule has 0 unspecified atom stereocenters. The first-order valence-electron chi connectivity index (χ1n) is 6.33. The summed E-state index contributed by atoms with van der Waals surface area (Å²) in [5.41, 5.74) is 0.396. The molecule has 0 bridgehead atoms. The number of aromatic nitrogens is 4. The minimum absolute atomic E-state index is 0.152. The normalized spacial score (nSPS) is 11.0. The summed E-state index contributed by atoms with van der Waals surface area (Å²) in [6.45, 7) is 0.405. The fourth-order valence-corrected chi connectivity index (χ4v) is 2.09. The lowest BCUT2D eigenvalue weighted by Crippen LogP contribution is -2.27. The van der Waals surface area contributed by atoms with Gasteiger partial charge in [-0.05, 0) is 12.1 Å². The summed E-state index contributed by atoms with van der Waals surface area (Å²) in [5, 5.41) is 19.7. The van der Waals surface area contributed by atoms with Crippen molar-refractivity contribution in [3.8, 4) is 0 Å². The number of fused-ring (bicyclic) bond motifs is 3. The molecule has 2 aromatic heterocycles. The average molecular weight is 306 g/mol. The highest BCUT2D eigenvalue weighted by molar-refractivity contribution is 5.82. The minimum Gasteiger partial charge on any atom is -0.465 e. The van der Waals surface area contributed by atoms with Gasteiger partial charge in [0.1, 0.15) is 5.82 Å². The maximum atomic E-state index is 13.4. The highest BCUT2D eigenvalue weighted by Gasteiger charge is 2.13. The highest BCUT2D eigenvalue weighted by Crippen LogP contribution is 2.19. The second-order valence-corrected chi connectivity index (χ2v) is 4.44. The molecule has 1 amide bonds. The van der Waals surface area contributed by atoms with Crippen molar-refractivity contribution < 1.29 is 14.3 Å². The highest BCUT2D eigenvalue weighted by atomic mass is 19.1. The van der Waals surface area contributed by atoms with Crippen LogP contribution in [0.4, 0.5) is 15.0 Å². The largest absolute Gasteiger partial charge is 0.465 e. The first kappa shape index (κ1) is 13.8. The Morgan fingerprint density at radius 3 is 3.00 bits per heavy atom. The van der Waals surface area contributed by atoms with E-state index in [1.54, 1.807) is 0 Å². The Kier molecular flexibility index (Phi) is 3.33. The van der Waals surface area contributed by atoms with Gasteiger partial charge in [0.25, 0.3) is 0 Å². The van der Waals surface area contributed by atoms with E-state index in [1.807, 2.05) is 0 Å². The van der Waals surface area contributed by atoms with Crippen molar-refractivity contribution >= 4 is 28.6 Å². The number of H-pyrrole nitrogens is 1. The second-order valence-electron chi connectivity index (χ2n) is 4.44. The lowest BCUT2D eigenvalue weighted by Gasteiger charge is -2.08. The molecule has 0 saturated carbocycles. The fraction of sp³-hybridized carbons (Fsp3) is 0.167. The van der Waals surface area contributed by atoms with Crippen molar-refractivity contribution in [2.24, 2.45) is 0 Å². The molecule has 4 N–H and O–H groups in total. The number of halogens is 1. The Morgan fingerprint density at radius 2 is 2.23 bits per heavy atom. The molecule has 114 valence electrons. The van der Waals surface area contributed by atoms with Gasteiger partial charge in [0.05, 0.1) is 11.0 Å². The van der Waals surface area contributed by atoms with Gasteiger partial charge in [0.2, 0.25) is 5.65 Å². The van der Waals surface area contributed by atoms with Gasteiger partial charge < -0.3 is 15.7 Å². The van der Waals surface area contributed by atoms with E-state index < -0.39 is 17.6 Å². The monoisotopic (exact) mass is 306 g/mol. The maximum Gasteiger partial charge on any atom is 0.404 e. The van der Waals surface area contributed by atoms with Crippen LogP contribution in [0.2, 0.25) is 0 Å². The van der Waals surface area contributed by atoms with Crippen LogP contribution in [0.15, 0.2) is 23.0 Å². The Labute approximate surface area is 121 Å². The topological polar surface area (TPSA) is 124 Å². The number of benzene rings is 1. The summed E-state index contributed by atoms with van der Waals surface area (Å²) in [6.07, 6.45) is -1.13. The Balaban J connectivity index is 2.04. The minimum atomic E-state index is -1.13. The van der Waals surface area contributed by atoms with E-state index >= 15 is 0 Å². The Morgan fingerprint density at radius 1 is 1.41 bits per heavy atom. The molecular weight excluding hydrogens is 295 g/mol. The van der Waals surface area contributed by atoms with Crippen LogP contribution >= 0.6 is 0 Å². The summed E-state index contributed by atoms with van der Waals surface area (Å²) in [4.78, 5) is 26.5. The van der Waals surface area contributed by atoms with Gasteiger partial charge in [-0.15, -0.1) is 5.10 Å². The number of rotatable bonds is 4. The van der Waals surface area contributed by atoms with Gasteiger partial charge in [-0.3, -0.25) is 0 Å². The first-order chi connectivity index (χ1) is 10.6. The quantitative estimate of drug-likeness (QED) is 0.517. The summed E-state index contributed by atoms with van der Waals surface area (Å²) in [7, 11) is 0. The Bertz CT molecular complexity index is 918. The van der Waals surface area contributed by atoms with Crippen LogP contribution < -0.4 is 16.3 Å². The van der Waals surface area contributed by atoms with Crippen molar-refractivity contribution in [2.75, 3.05) is 18.4 Å². The van der Waals surface area contributed by atoms with Crippen LogP contribution in [-0.2, 0) is 0 Å². The number of amides is 1. The van der Waals surface area contributed by atoms with E-state index in [4.69, 9.17) is 5.11 Å². The van der Waals surface area contributed by atoms with Gasteiger partial charge >= 0.3 is 11.8 Å². The van der Waals surface area contributed by atoms with E-state index in [-0.39, 0.29) is 18.7 Å². The van der Waals surface area contributed by atoms with Crippen molar-refractivity contribution in [3.05, 3.63) is 34.5 Å². The van der Waals surface area contributed by atoms with Gasteiger partial charge in [-0.1, -0.05) is 0 Å². The zero-order valence-electron chi connectivity index (χ0n) is 11.1. The van der Waals surface area contributed by atoms with Crippen molar-refractivity contribution in [2.45, 2.75) is 0 Å². The van der Waals surface area contributed by atoms with E-state index in [2.05, 4.69) is 25.8 Å². The van der Waals surface area contributed by atoms with Gasteiger partial charge in [-0.2, -0.15) is 0 Å². The van der Waals surface area contributed by atoms with Gasteiger partial charge in [-0.25, -0.2) is 28.5 Å². The standard InChI is InChI=1S/C12H11FN6O3/c13-6-1-2-7-8(5-6)19-10(17-18-11(19)20)9(16-7)14-3-4-15-12(21)22/h1-2,5,15H,3-4H2,(H,14,16)(H,18,20)(H,21,22). The number of aromatic amines is 1. The van der Waals surface area contributed by atoms with Crippen molar-refractivity contribution in [1.82, 2.24) is 24.9 Å². The van der Waals surface area contributed by atoms with Crippen LogP contribution in [0.3, 0.4) is 0 Å². The van der Waals surface area contributed by atoms with Crippen LogP contribution in [0.5, 0.6) is 0 Å². The smallest absolute Gasteiger partial charge is 0.404 e. The molecule has 3 aromatic rings. The number of nitrogens with one attached hydrogen (secondary N) is 3. The zero-order chi connectivity index (χ0) is 15.7. The van der Waals surface area contributed by atoms with E-state index in [9.17, 15) is 14.0 Å². The molecule has 0 spiro atoms. The molecule has 1 aromatic carbocycles. The van der Waals surface area contributed by atoms with Crippen LogP contribution in [0, 0.1) is 5.82 Å². The predicted molar refractivity (Wildman–Crippen MR) is 75.6 cm³/mol. The van der Waals surface area contributed by atoms with Crippen molar-refractivity contribution in [1.29, 1.82) is 0 Å². The van der Waals surface area contributed by atoms with E-state index in [0.29, 0.717) is 16.9 Å². The molecule has 2 heterocycles. The molecule has 0 atom stereocenters. The lowest BCUT2D eigenvalue weighted by atomic mass is 10.3. The van der Waals surface area contributed by atoms with Crippen molar-refractivity contribution in [3.63, 3.8) is 0 Å². The first-order valence-corrected chi connectivity index (χ1v) is 6.33. The molecular formula is C12H11FN6O3. The lowest BCUT2D eigenvalue weighted by molar-refractivity contribution is 0.195. The number of hydrogen-bond donors (Lipinski definition) is 4. The van der Waals surface area contributed by atoms with E-state index in [1.165, 1.54) is 22.6 Å². The number of carbonyl (C=O) groups is 1. The average Bonchev–Trinajstić information content (AvgIpc) is 2.86.